The molecule has 1 aromatic carbocycles. The molecule has 0 atom stereocenters. The molecule has 0 saturated heterocycles. The zero-order chi connectivity index (χ0) is 15.0. The van der Waals surface area contributed by atoms with Crippen molar-refractivity contribution < 1.29 is 4.39 Å². The van der Waals surface area contributed by atoms with E-state index in [9.17, 15) is 4.39 Å². The molecule has 2 heterocycles. The second-order valence-corrected chi connectivity index (χ2v) is 5.17. The number of fused-ring (bicyclic) bond motifs is 1. The molecule has 0 amide bonds. The van der Waals surface area contributed by atoms with Gasteiger partial charge in [-0.1, -0.05) is 18.2 Å². The molecule has 0 aliphatic heterocycles. The minimum atomic E-state index is -0.224. The van der Waals surface area contributed by atoms with E-state index in [0.29, 0.717) is 0 Å². The number of aryl methyl sites for hydroxylation is 1. The third kappa shape index (κ3) is 2.15. The Morgan fingerprint density at radius 2 is 1.90 bits per heavy atom. The van der Waals surface area contributed by atoms with E-state index in [-0.39, 0.29) is 5.82 Å². The molecule has 3 aromatic rings. The highest BCUT2D eigenvalue weighted by atomic mass is 19.1. The van der Waals surface area contributed by atoms with Crippen LogP contribution in [0.5, 0.6) is 0 Å². The van der Waals surface area contributed by atoms with Crippen LogP contribution in [0.3, 0.4) is 0 Å². The fourth-order valence-corrected chi connectivity index (χ4v) is 2.76. The van der Waals surface area contributed by atoms with Crippen LogP contribution in [0.4, 0.5) is 4.39 Å². The van der Waals surface area contributed by atoms with Gasteiger partial charge < -0.3 is 4.57 Å². The molecule has 0 aliphatic rings. The standard InChI is InChI=1S/C18H17FN2/c1-4-11-21-13(3)12(2)17-18(21)16(9-10-20-17)14-5-7-15(19)8-6-14/h4-10H,1,11H2,2-3H3. The number of aromatic nitrogens is 2. The maximum Gasteiger partial charge on any atom is 0.123 e. The molecule has 0 bridgehead atoms. The average molecular weight is 280 g/mol. The third-order valence-corrected chi connectivity index (χ3v) is 3.96. The molecule has 0 N–H and O–H groups in total. The van der Waals surface area contributed by atoms with E-state index in [1.807, 2.05) is 18.3 Å². The monoisotopic (exact) mass is 280 g/mol. The molecular weight excluding hydrogens is 263 g/mol. The van der Waals surface area contributed by atoms with Gasteiger partial charge in [-0.15, -0.1) is 6.58 Å². The summed E-state index contributed by atoms with van der Waals surface area (Å²) in [6, 6.07) is 8.57. The minimum absolute atomic E-state index is 0.224. The Morgan fingerprint density at radius 1 is 1.19 bits per heavy atom. The van der Waals surface area contributed by atoms with Gasteiger partial charge in [-0.3, -0.25) is 4.98 Å². The van der Waals surface area contributed by atoms with Crippen molar-refractivity contribution in [1.29, 1.82) is 0 Å². The summed E-state index contributed by atoms with van der Waals surface area (Å²) in [6.45, 7) is 8.74. The number of nitrogens with zero attached hydrogens (tertiary/aromatic N) is 2. The van der Waals surface area contributed by atoms with Crippen LogP contribution in [-0.4, -0.2) is 9.55 Å². The van der Waals surface area contributed by atoms with Crippen LogP contribution in [0.25, 0.3) is 22.2 Å². The van der Waals surface area contributed by atoms with Crippen molar-refractivity contribution in [1.82, 2.24) is 9.55 Å². The van der Waals surface area contributed by atoms with Crippen molar-refractivity contribution in [3.05, 3.63) is 66.3 Å². The Balaban J connectivity index is 2.35. The van der Waals surface area contributed by atoms with Gasteiger partial charge in [-0.25, -0.2) is 4.39 Å². The molecule has 0 radical (unpaired) electrons. The number of allylic oxidation sites excluding steroid dienone is 1. The number of halogens is 1. The van der Waals surface area contributed by atoms with E-state index in [0.717, 1.165) is 28.7 Å². The molecular formula is C18H17FN2. The van der Waals surface area contributed by atoms with Crippen molar-refractivity contribution in [2.75, 3.05) is 0 Å². The van der Waals surface area contributed by atoms with E-state index in [1.165, 1.54) is 23.4 Å². The minimum Gasteiger partial charge on any atom is -0.339 e. The summed E-state index contributed by atoms with van der Waals surface area (Å²) in [5.41, 5.74) is 6.50. The van der Waals surface area contributed by atoms with Crippen LogP contribution in [0.1, 0.15) is 11.3 Å². The molecule has 3 heteroatoms. The Hall–Kier alpha value is -2.42. The Morgan fingerprint density at radius 3 is 2.57 bits per heavy atom. The van der Waals surface area contributed by atoms with Gasteiger partial charge in [-0.05, 0) is 43.2 Å². The highest BCUT2D eigenvalue weighted by Gasteiger charge is 2.15. The second-order valence-electron chi connectivity index (χ2n) is 5.17. The van der Waals surface area contributed by atoms with Crippen molar-refractivity contribution in [2.45, 2.75) is 20.4 Å². The first-order valence-corrected chi connectivity index (χ1v) is 6.94. The Kier molecular flexibility index (Phi) is 3.34. The van der Waals surface area contributed by atoms with Gasteiger partial charge in [0.1, 0.15) is 5.82 Å². The van der Waals surface area contributed by atoms with Crippen molar-refractivity contribution in [2.24, 2.45) is 0 Å². The number of benzene rings is 1. The molecule has 3 rings (SSSR count). The zero-order valence-electron chi connectivity index (χ0n) is 12.2. The van der Waals surface area contributed by atoms with Crippen LogP contribution in [0, 0.1) is 19.7 Å². The van der Waals surface area contributed by atoms with Gasteiger partial charge in [0, 0.05) is 24.0 Å². The van der Waals surface area contributed by atoms with E-state index in [1.54, 1.807) is 12.1 Å². The lowest BCUT2D eigenvalue weighted by Gasteiger charge is -2.09. The van der Waals surface area contributed by atoms with E-state index < -0.39 is 0 Å². The van der Waals surface area contributed by atoms with Crippen LogP contribution in [0.2, 0.25) is 0 Å². The predicted octanol–water partition coefficient (Wildman–Crippen LogP) is 4.65. The first-order chi connectivity index (χ1) is 10.1. The lowest BCUT2D eigenvalue weighted by molar-refractivity contribution is 0.628. The Bertz CT molecular complexity index is 813. The molecule has 0 fully saturated rings. The molecule has 2 nitrogen and oxygen atoms in total. The predicted molar refractivity (Wildman–Crippen MR) is 84.8 cm³/mol. The van der Waals surface area contributed by atoms with Gasteiger partial charge in [0.05, 0.1) is 11.0 Å². The normalized spacial score (nSPS) is 11.0. The number of hydrogen-bond donors (Lipinski definition) is 0. The van der Waals surface area contributed by atoms with Gasteiger partial charge in [0.2, 0.25) is 0 Å². The largest absolute Gasteiger partial charge is 0.339 e. The topological polar surface area (TPSA) is 17.8 Å². The fourth-order valence-electron chi connectivity index (χ4n) is 2.76. The first kappa shape index (κ1) is 13.6. The third-order valence-electron chi connectivity index (χ3n) is 3.96. The number of pyridine rings is 1. The highest BCUT2D eigenvalue weighted by molar-refractivity contribution is 5.94. The summed E-state index contributed by atoms with van der Waals surface area (Å²) < 4.78 is 15.4. The number of rotatable bonds is 3. The summed E-state index contributed by atoms with van der Waals surface area (Å²) in [6.07, 6.45) is 3.69. The maximum absolute atomic E-state index is 13.2. The molecule has 0 unspecified atom stereocenters. The van der Waals surface area contributed by atoms with Gasteiger partial charge in [0.15, 0.2) is 0 Å². The summed E-state index contributed by atoms with van der Waals surface area (Å²) in [4.78, 5) is 4.52. The van der Waals surface area contributed by atoms with Crippen molar-refractivity contribution in [3.63, 3.8) is 0 Å². The SMILES string of the molecule is C=CCn1c(C)c(C)c2nccc(-c3ccc(F)cc3)c21. The van der Waals surface area contributed by atoms with E-state index in [2.05, 4.69) is 30.0 Å². The van der Waals surface area contributed by atoms with E-state index >= 15 is 0 Å². The lowest BCUT2D eigenvalue weighted by Crippen LogP contribution is -1.99. The molecule has 0 aliphatic carbocycles. The average Bonchev–Trinajstić information content (AvgIpc) is 2.74. The lowest BCUT2D eigenvalue weighted by atomic mass is 10.0. The van der Waals surface area contributed by atoms with Crippen LogP contribution in [-0.2, 0) is 6.54 Å². The summed E-state index contributed by atoms with van der Waals surface area (Å²) in [5.74, 6) is -0.224. The van der Waals surface area contributed by atoms with E-state index in [4.69, 9.17) is 0 Å². The van der Waals surface area contributed by atoms with Crippen LogP contribution in [0.15, 0.2) is 49.2 Å². The summed E-state index contributed by atoms with van der Waals surface area (Å²) in [5, 5.41) is 0. The summed E-state index contributed by atoms with van der Waals surface area (Å²) in [7, 11) is 0. The van der Waals surface area contributed by atoms with Crippen molar-refractivity contribution in [3.8, 4) is 11.1 Å². The smallest absolute Gasteiger partial charge is 0.123 e. The fraction of sp³-hybridized carbons (Fsp3) is 0.167. The maximum atomic E-state index is 13.2. The van der Waals surface area contributed by atoms with Crippen LogP contribution < -0.4 is 0 Å². The molecule has 2 aromatic heterocycles. The second kappa shape index (κ2) is 5.17. The molecule has 106 valence electrons. The highest BCUT2D eigenvalue weighted by Crippen LogP contribution is 2.32. The van der Waals surface area contributed by atoms with Crippen molar-refractivity contribution >= 4 is 11.0 Å². The van der Waals surface area contributed by atoms with Gasteiger partial charge in [-0.2, -0.15) is 0 Å². The Labute approximate surface area is 123 Å². The molecule has 0 spiro atoms. The van der Waals surface area contributed by atoms with Gasteiger partial charge in [0.25, 0.3) is 0 Å². The molecule has 21 heavy (non-hydrogen) atoms. The first-order valence-electron chi connectivity index (χ1n) is 6.94. The quantitative estimate of drug-likeness (QED) is 0.639. The summed E-state index contributed by atoms with van der Waals surface area (Å²) >= 11 is 0. The van der Waals surface area contributed by atoms with Gasteiger partial charge >= 0.3 is 0 Å². The van der Waals surface area contributed by atoms with Crippen LogP contribution >= 0.6 is 0 Å². The number of hydrogen-bond acceptors (Lipinski definition) is 1. The zero-order valence-corrected chi connectivity index (χ0v) is 12.2. The molecule has 0 saturated carbocycles.